The standard InChI is InChI=1S/C18H23N3O2/c1-4-9-23-18-19-11-17(12-20-18)16-7-5-15(6-8-16)10-13(2)21-14(3)22/h5-8,11-13H,4,9-10H2,1-3H3,(H,21,22). The molecule has 0 aliphatic heterocycles. The third kappa shape index (κ3) is 5.36. The van der Waals surface area contributed by atoms with Crippen molar-refractivity contribution in [1.82, 2.24) is 15.3 Å². The summed E-state index contributed by atoms with van der Waals surface area (Å²) in [4.78, 5) is 19.5. The molecule has 1 aromatic heterocycles. The molecule has 122 valence electrons. The summed E-state index contributed by atoms with van der Waals surface area (Å²) in [5.74, 6) is -0.00310. The molecule has 0 radical (unpaired) electrons. The van der Waals surface area contributed by atoms with Gasteiger partial charge in [-0.05, 0) is 30.9 Å². The number of nitrogens with zero attached hydrogens (tertiary/aromatic N) is 2. The van der Waals surface area contributed by atoms with Gasteiger partial charge in [0.15, 0.2) is 0 Å². The Balaban J connectivity index is 2.00. The van der Waals surface area contributed by atoms with E-state index in [1.165, 1.54) is 12.5 Å². The highest BCUT2D eigenvalue weighted by Gasteiger charge is 2.06. The van der Waals surface area contributed by atoms with Crippen LogP contribution in [0.4, 0.5) is 0 Å². The van der Waals surface area contributed by atoms with E-state index < -0.39 is 0 Å². The number of carbonyl (C=O) groups is 1. The first-order chi connectivity index (χ1) is 11.1. The minimum Gasteiger partial charge on any atom is -0.463 e. The molecule has 0 saturated heterocycles. The number of amides is 1. The Hall–Kier alpha value is -2.43. The van der Waals surface area contributed by atoms with Gasteiger partial charge in [0, 0.05) is 30.9 Å². The van der Waals surface area contributed by atoms with E-state index in [4.69, 9.17) is 4.74 Å². The zero-order chi connectivity index (χ0) is 16.7. The molecular formula is C18H23N3O2. The molecule has 0 saturated carbocycles. The van der Waals surface area contributed by atoms with Gasteiger partial charge in [0.05, 0.1) is 6.61 Å². The molecule has 5 heteroatoms. The third-order valence-corrected chi connectivity index (χ3v) is 3.34. The van der Waals surface area contributed by atoms with Crippen LogP contribution in [0.3, 0.4) is 0 Å². The Bertz CT molecular complexity index is 624. The summed E-state index contributed by atoms with van der Waals surface area (Å²) in [7, 11) is 0. The van der Waals surface area contributed by atoms with Crippen molar-refractivity contribution in [3.8, 4) is 17.1 Å². The number of ether oxygens (including phenoxy) is 1. The van der Waals surface area contributed by atoms with Crippen LogP contribution in [-0.2, 0) is 11.2 Å². The predicted molar refractivity (Wildman–Crippen MR) is 90.2 cm³/mol. The maximum Gasteiger partial charge on any atom is 0.316 e. The highest BCUT2D eigenvalue weighted by atomic mass is 16.5. The predicted octanol–water partition coefficient (Wildman–Crippen LogP) is 3.00. The lowest BCUT2D eigenvalue weighted by molar-refractivity contribution is -0.119. The molecule has 0 aliphatic rings. The average molecular weight is 313 g/mol. The molecule has 2 aromatic rings. The van der Waals surface area contributed by atoms with Crippen LogP contribution >= 0.6 is 0 Å². The normalized spacial score (nSPS) is 11.8. The van der Waals surface area contributed by atoms with Gasteiger partial charge in [-0.1, -0.05) is 31.2 Å². The second-order valence-corrected chi connectivity index (χ2v) is 5.61. The molecule has 1 atom stereocenters. The largest absolute Gasteiger partial charge is 0.463 e. The van der Waals surface area contributed by atoms with Crippen molar-refractivity contribution in [2.45, 2.75) is 39.7 Å². The van der Waals surface area contributed by atoms with Gasteiger partial charge in [0.1, 0.15) is 0 Å². The fourth-order valence-electron chi connectivity index (χ4n) is 2.32. The molecule has 1 amide bonds. The van der Waals surface area contributed by atoms with E-state index >= 15 is 0 Å². The van der Waals surface area contributed by atoms with Crippen molar-refractivity contribution in [2.75, 3.05) is 6.61 Å². The first kappa shape index (κ1) is 16.9. The van der Waals surface area contributed by atoms with Crippen LogP contribution in [0, 0.1) is 0 Å². The summed E-state index contributed by atoms with van der Waals surface area (Å²) in [6.45, 7) is 6.20. The molecule has 23 heavy (non-hydrogen) atoms. The third-order valence-electron chi connectivity index (χ3n) is 3.34. The van der Waals surface area contributed by atoms with Crippen LogP contribution < -0.4 is 10.1 Å². The monoisotopic (exact) mass is 313 g/mol. The molecular weight excluding hydrogens is 290 g/mol. The second kappa shape index (κ2) is 8.27. The Morgan fingerprint density at radius 2 is 1.83 bits per heavy atom. The smallest absolute Gasteiger partial charge is 0.316 e. The van der Waals surface area contributed by atoms with Crippen molar-refractivity contribution in [1.29, 1.82) is 0 Å². The minimum atomic E-state index is -0.00310. The molecule has 1 N–H and O–H groups in total. The number of aromatic nitrogens is 2. The van der Waals surface area contributed by atoms with Crippen LogP contribution in [0.25, 0.3) is 11.1 Å². The molecule has 2 rings (SSSR count). The Morgan fingerprint density at radius 3 is 2.39 bits per heavy atom. The highest BCUT2D eigenvalue weighted by Crippen LogP contribution is 2.19. The van der Waals surface area contributed by atoms with Gasteiger partial charge in [-0.25, -0.2) is 9.97 Å². The molecule has 0 fully saturated rings. The van der Waals surface area contributed by atoms with Crippen molar-refractivity contribution < 1.29 is 9.53 Å². The zero-order valence-corrected chi connectivity index (χ0v) is 13.9. The Kier molecular flexibility index (Phi) is 6.09. The number of hydrogen-bond donors (Lipinski definition) is 1. The summed E-state index contributed by atoms with van der Waals surface area (Å²) in [6, 6.07) is 8.75. The first-order valence-electron chi connectivity index (χ1n) is 7.89. The van der Waals surface area contributed by atoms with Crippen LogP contribution in [0.15, 0.2) is 36.7 Å². The van der Waals surface area contributed by atoms with Gasteiger partial charge < -0.3 is 10.1 Å². The molecule has 1 aromatic carbocycles. The SMILES string of the molecule is CCCOc1ncc(-c2ccc(CC(C)NC(C)=O)cc2)cn1. The zero-order valence-electron chi connectivity index (χ0n) is 13.9. The maximum absolute atomic E-state index is 11.0. The van der Waals surface area contributed by atoms with E-state index in [2.05, 4.69) is 27.4 Å². The van der Waals surface area contributed by atoms with Crippen LogP contribution in [0.2, 0.25) is 0 Å². The maximum atomic E-state index is 11.0. The van der Waals surface area contributed by atoms with E-state index in [-0.39, 0.29) is 11.9 Å². The topological polar surface area (TPSA) is 64.1 Å². The second-order valence-electron chi connectivity index (χ2n) is 5.61. The summed E-state index contributed by atoms with van der Waals surface area (Å²) >= 11 is 0. The van der Waals surface area contributed by atoms with E-state index in [9.17, 15) is 4.79 Å². The van der Waals surface area contributed by atoms with Gasteiger partial charge >= 0.3 is 6.01 Å². The summed E-state index contributed by atoms with van der Waals surface area (Å²) in [5, 5.41) is 2.89. The highest BCUT2D eigenvalue weighted by molar-refractivity contribution is 5.73. The minimum absolute atomic E-state index is 0.00310. The summed E-state index contributed by atoms with van der Waals surface area (Å²) in [5.41, 5.74) is 3.19. The number of benzene rings is 1. The molecule has 1 heterocycles. The number of nitrogens with one attached hydrogen (secondary N) is 1. The van der Waals surface area contributed by atoms with Crippen molar-refractivity contribution >= 4 is 5.91 Å². The summed E-state index contributed by atoms with van der Waals surface area (Å²) in [6.07, 6.45) is 5.28. The van der Waals surface area contributed by atoms with Gasteiger partial charge in [0.25, 0.3) is 0 Å². The van der Waals surface area contributed by atoms with E-state index in [1.54, 1.807) is 12.4 Å². The van der Waals surface area contributed by atoms with Gasteiger partial charge in [-0.15, -0.1) is 0 Å². The Labute approximate surface area is 137 Å². The molecule has 0 bridgehead atoms. The number of rotatable bonds is 7. The first-order valence-corrected chi connectivity index (χ1v) is 7.89. The summed E-state index contributed by atoms with van der Waals surface area (Å²) < 4.78 is 5.38. The quantitative estimate of drug-likeness (QED) is 0.853. The van der Waals surface area contributed by atoms with Crippen molar-refractivity contribution in [2.24, 2.45) is 0 Å². The lowest BCUT2D eigenvalue weighted by atomic mass is 10.0. The van der Waals surface area contributed by atoms with Gasteiger partial charge in [-0.2, -0.15) is 0 Å². The van der Waals surface area contributed by atoms with Gasteiger partial charge in [0.2, 0.25) is 5.91 Å². The van der Waals surface area contributed by atoms with Gasteiger partial charge in [-0.3, -0.25) is 4.79 Å². The number of carbonyl (C=O) groups excluding carboxylic acids is 1. The van der Waals surface area contributed by atoms with E-state index in [0.717, 1.165) is 24.0 Å². The van der Waals surface area contributed by atoms with E-state index in [1.807, 2.05) is 26.0 Å². The van der Waals surface area contributed by atoms with Crippen molar-refractivity contribution in [3.05, 3.63) is 42.2 Å². The molecule has 1 unspecified atom stereocenters. The fraction of sp³-hybridized carbons (Fsp3) is 0.389. The van der Waals surface area contributed by atoms with Crippen LogP contribution in [0.1, 0.15) is 32.8 Å². The van der Waals surface area contributed by atoms with E-state index in [0.29, 0.717) is 12.6 Å². The van der Waals surface area contributed by atoms with Crippen LogP contribution in [0.5, 0.6) is 6.01 Å². The molecule has 0 aliphatic carbocycles. The molecule has 5 nitrogen and oxygen atoms in total. The number of hydrogen-bond acceptors (Lipinski definition) is 4. The lowest BCUT2D eigenvalue weighted by Crippen LogP contribution is -2.31. The van der Waals surface area contributed by atoms with Crippen molar-refractivity contribution in [3.63, 3.8) is 0 Å². The average Bonchev–Trinajstić information content (AvgIpc) is 2.53. The Morgan fingerprint density at radius 1 is 1.17 bits per heavy atom. The lowest BCUT2D eigenvalue weighted by Gasteiger charge is -2.12. The van der Waals surface area contributed by atoms with Crippen LogP contribution in [-0.4, -0.2) is 28.5 Å². The fourth-order valence-corrected chi connectivity index (χ4v) is 2.32. The molecule has 0 spiro atoms.